The Labute approximate surface area is 203 Å². The van der Waals surface area contributed by atoms with Crippen molar-refractivity contribution in [1.82, 2.24) is 4.90 Å². The lowest BCUT2D eigenvalue weighted by molar-refractivity contribution is -0.131. The van der Waals surface area contributed by atoms with Gasteiger partial charge in [-0.15, -0.1) is 0 Å². The van der Waals surface area contributed by atoms with Crippen LogP contribution in [0.15, 0.2) is 23.8 Å². The first-order valence-electron chi connectivity index (χ1n) is 13.9. The number of unbranched alkanes of at least 4 members (excludes halogenated alkanes) is 2. The van der Waals surface area contributed by atoms with Crippen molar-refractivity contribution in [2.24, 2.45) is 23.7 Å². The minimum absolute atomic E-state index is 0.155. The van der Waals surface area contributed by atoms with E-state index in [2.05, 4.69) is 39.8 Å². The molecule has 4 heteroatoms. The lowest BCUT2D eigenvalue weighted by Crippen LogP contribution is -2.32. The molecule has 1 saturated carbocycles. The van der Waals surface area contributed by atoms with E-state index in [1.165, 1.54) is 24.8 Å². The quantitative estimate of drug-likeness (QED) is 0.210. The lowest BCUT2D eigenvalue weighted by atomic mass is 9.88. The third-order valence-corrected chi connectivity index (χ3v) is 7.68. The number of carbonyl (C=O) groups is 1. The van der Waals surface area contributed by atoms with Gasteiger partial charge in [0.25, 0.3) is 0 Å². The van der Waals surface area contributed by atoms with Gasteiger partial charge < -0.3 is 15.1 Å². The molecule has 190 valence electrons. The summed E-state index contributed by atoms with van der Waals surface area (Å²) in [5.41, 5.74) is 1.51. The molecule has 4 nitrogen and oxygen atoms in total. The number of amides is 1. The van der Waals surface area contributed by atoms with E-state index in [0.29, 0.717) is 30.1 Å². The van der Waals surface area contributed by atoms with Crippen molar-refractivity contribution >= 4 is 5.91 Å². The topological polar surface area (TPSA) is 60.8 Å². The Balaban J connectivity index is 1.75. The zero-order valence-electron chi connectivity index (χ0n) is 21.8. The number of hydrogen-bond acceptors (Lipinski definition) is 3. The number of aliphatic hydroxyl groups is 2. The Morgan fingerprint density at radius 2 is 1.88 bits per heavy atom. The predicted octanol–water partition coefficient (Wildman–Crippen LogP) is 6.27. The first-order chi connectivity index (χ1) is 15.9. The van der Waals surface area contributed by atoms with Crippen LogP contribution in [-0.2, 0) is 4.79 Å². The van der Waals surface area contributed by atoms with Crippen LogP contribution in [0.25, 0.3) is 0 Å². The Morgan fingerprint density at radius 3 is 2.55 bits per heavy atom. The molecule has 0 aromatic carbocycles. The van der Waals surface area contributed by atoms with Crippen molar-refractivity contribution in [3.63, 3.8) is 0 Å². The molecule has 2 N–H and O–H groups in total. The second-order valence-corrected chi connectivity index (χ2v) is 10.8. The van der Waals surface area contributed by atoms with Crippen molar-refractivity contribution in [2.75, 3.05) is 13.1 Å². The van der Waals surface area contributed by atoms with Gasteiger partial charge in [0.2, 0.25) is 5.91 Å². The van der Waals surface area contributed by atoms with Gasteiger partial charge in [-0.05, 0) is 69.1 Å². The van der Waals surface area contributed by atoms with Gasteiger partial charge in [0, 0.05) is 25.4 Å². The van der Waals surface area contributed by atoms with Crippen LogP contribution in [0.4, 0.5) is 0 Å². The molecule has 2 aliphatic carbocycles. The zero-order chi connectivity index (χ0) is 24.2. The first kappa shape index (κ1) is 28.1. The number of aliphatic hydroxyl groups excluding tert-OH is 2. The smallest absolute Gasteiger partial charge is 0.222 e. The molecule has 6 atom stereocenters. The molecule has 1 amide bonds. The van der Waals surface area contributed by atoms with Gasteiger partial charge in [-0.25, -0.2) is 0 Å². The van der Waals surface area contributed by atoms with Crippen LogP contribution in [0, 0.1) is 23.7 Å². The lowest BCUT2D eigenvalue weighted by Gasteiger charge is -2.21. The summed E-state index contributed by atoms with van der Waals surface area (Å²) in [5.74, 6) is 1.95. The fraction of sp³-hybridized carbons (Fsp3) is 0.828. The summed E-state index contributed by atoms with van der Waals surface area (Å²) in [6.45, 7) is 10.5. The maximum absolute atomic E-state index is 12.5. The largest absolute Gasteiger partial charge is 0.392 e. The Bertz CT molecular complexity index is 622. The zero-order valence-corrected chi connectivity index (χ0v) is 21.8. The van der Waals surface area contributed by atoms with Crippen molar-refractivity contribution in [3.05, 3.63) is 23.8 Å². The molecule has 0 unspecified atom stereocenters. The molecule has 2 aliphatic rings. The molecule has 33 heavy (non-hydrogen) atoms. The third-order valence-electron chi connectivity index (χ3n) is 7.68. The summed E-state index contributed by atoms with van der Waals surface area (Å²) in [7, 11) is 0. The second kappa shape index (κ2) is 15.0. The van der Waals surface area contributed by atoms with E-state index in [-0.39, 0.29) is 12.0 Å². The van der Waals surface area contributed by atoms with Crippen molar-refractivity contribution < 1.29 is 15.0 Å². The number of carbonyl (C=O) groups excluding carboxylic acids is 1. The molecule has 1 fully saturated rings. The summed E-state index contributed by atoms with van der Waals surface area (Å²) in [4.78, 5) is 14.5. The van der Waals surface area contributed by atoms with Crippen LogP contribution < -0.4 is 0 Å². The van der Waals surface area contributed by atoms with E-state index in [9.17, 15) is 15.0 Å². The minimum atomic E-state index is -0.408. The molecule has 0 aromatic rings. The highest BCUT2D eigenvalue weighted by Crippen LogP contribution is 2.48. The summed E-state index contributed by atoms with van der Waals surface area (Å²) in [6.07, 6.45) is 17.9. The minimum Gasteiger partial charge on any atom is -0.392 e. The Morgan fingerprint density at radius 1 is 1.15 bits per heavy atom. The predicted molar refractivity (Wildman–Crippen MR) is 138 cm³/mol. The van der Waals surface area contributed by atoms with Crippen molar-refractivity contribution in [3.8, 4) is 0 Å². The molecule has 0 aliphatic heterocycles. The third kappa shape index (κ3) is 9.20. The van der Waals surface area contributed by atoms with E-state index in [4.69, 9.17) is 0 Å². The molecular weight excluding hydrogens is 410 g/mol. The number of allylic oxidation sites excluding steroid dienone is 2. The van der Waals surface area contributed by atoms with Crippen LogP contribution in [0.5, 0.6) is 0 Å². The van der Waals surface area contributed by atoms with E-state index >= 15 is 0 Å². The van der Waals surface area contributed by atoms with Crippen LogP contribution in [-0.4, -0.2) is 46.3 Å². The number of rotatable bonds is 16. The van der Waals surface area contributed by atoms with E-state index in [1.807, 2.05) is 11.0 Å². The fourth-order valence-electron chi connectivity index (χ4n) is 5.90. The molecular formula is C29H51NO3. The SMILES string of the molecule is CCCC[C@H](C)C[C@H](O)C=C[C@@H]1[C@H]2CC(CCCCC(=O)N(CCC)CCC)=C[C@H]2C[C@H]1O. The van der Waals surface area contributed by atoms with Gasteiger partial charge >= 0.3 is 0 Å². The monoisotopic (exact) mass is 461 g/mol. The molecule has 2 rings (SSSR count). The number of nitrogens with zero attached hydrogens (tertiary/aromatic N) is 1. The average Bonchev–Trinajstić information content (AvgIpc) is 3.29. The maximum Gasteiger partial charge on any atom is 0.222 e. The second-order valence-electron chi connectivity index (χ2n) is 10.8. The summed E-state index contributed by atoms with van der Waals surface area (Å²) < 4.78 is 0. The maximum atomic E-state index is 12.5. The highest BCUT2D eigenvalue weighted by molar-refractivity contribution is 5.76. The molecule has 0 aromatic heterocycles. The normalized spacial score (nSPS) is 26.4. The summed E-state index contributed by atoms with van der Waals surface area (Å²) in [6, 6.07) is 0. The Kier molecular flexibility index (Phi) is 12.8. The molecule has 0 bridgehead atoms. The van der Waals surface area contributed by atoms with Crippen LogP contribution in [0.1, 0.15) is 105 Å². The molecule has 0 spiro atoms. The van der Waals surface area contributed by atoms with Gasteiger partial charge in [0.15, 0.2) is 0 Å². The van der Waals surface area contributed by atoms with E-state index in [0.717, 1.165) is 64.5 Å². The van der Waals surface area contributed by atoms with Crippen LogP contribution in [0.3, 0.4) is 0 Å². The summed E-state index contributed by atoms with van der Waals surface area (Å²) in [5, 5.41) is 21.0. The molecule has 0 heterocycles. The van der Waals surface area contributed by atoms with Crippen LogP contribution in [0.2, 0.25) is 0 Å². The first-order valence-corrected chi connectivity index (χ1v) is 13.9. The fourth-order valence-corrected chi connectivity index (χ4v) is 5.90. The molecule has 0 radical (unpaired) electrons. The van der Waals surface area contributed by atoms with Gasteiger partial charge in [-0.1, -0.05) is 70.8 Å². The summed E-state index contributed by atoms with van der Waals surface area (Å²) >= 11 is 0. The highest BCUT2D eigenvalue weighted by Gasteiger charge is 2.43. The standard InChI is InChI=1S/C29H51NO3/c1-5-8-11-22(4)18-25(31)14-15-26-27-20-23(19-24(27)21-28(26)32)12-9-10-13-29(33)30(16-6-2)17-7-3/h14-15,19,22,24-28,31-32H,5-13,16-18,20-21H2,1-4H3/t22-,24-,25+,26+,27-,28+/m0/s1. The van der Waals surface area contributed by atoms with Gasteiger partial charge in [-0.2, -0.15) is 0 Å². The van der Waals surface area contributed by atoms with E-state index < -0.39 is 6.10 Å². The number of hydrogen-bond donors (Lipinski definition) is 2. The highest BCUT2D eigenvalue weighted by atomic mass is 16.3. The van der Waals surface area contributed by atoms with Gasteiger partial charge in [0.05, 0.1) is 12.2 Å². The van der Waals surface area contributed by atoms with Crippen LogP contribution >= 0.6 is 0 Å². The number of fused-ring (bicyclic) bond motifs is 1. The van der Waals surface area contributed by atoms with Gasteiger partial charge in [0.1, 0.15) is 0 Å². The molecule has 0 saturated heterocycles. The Hall–Kier alpha value is -1.13. The van der Waals surface area contributed by atoms with Gasteiger partial charge in [-0.3, -0.25) is 4.79 Å². The van der Waals surface area contributed by atoms with Crippen molar-refractivity contribution in [2.45, 2.75) is 117 Å². The van der Waals surface area contributed by atoms with E-state index in [1.54, 1.807) is 0 Å². The average molecular weight is 462 g/mol. The van der Waals surface area contributed by atoms with Crippen molar-refractivity contribution in [1.29, 1.82) is 0 Å².